The molecular weight excluding hydrogens is 344 g/mol. The van der Waals surface area contributed by atoms with Crippen LogP contribution in [0, 0.1) is 5.92 Å². The first-order valence-corrected chi connectivity index (χ1v) is 8.98. The van der Waals surface area contributed by atoms with Crippen molar-refractivity contribution in [1.29, 1.82) is 0 Å². The topological polar surface area (TPSA) is 47.6 Å². The van der Waals surface area contributed by atoms with E-state index in [9.17, 15) is 4.79 Å². The fourth-order valence-corrected chi connectivity index (χ4v) is 3.19. The molecule has 132 valence electrons. The molecule has 0 spiro atoms. The van der Waals surface area contributed by atoms with Gasteiger partial charge in [-0.3, -0.25) is 4.79 Å². The van der Waals surface area contributed by atoms with E-state index in [1.807, 2.05) is 32.0 Å². The highest BCUT2D eigenvalue weighted by Gasteiger charge is 2.20. The van der Waals surface area contributed by atoms with Crippen LogP contribution in [0.5, 0.6) is 0 Å². The average molecular weight is 369 g/mol. The molecule has 2 rings (SSSR count). The number of benzene rings is 1. The minimum Gasteiger partial charge on any atom is -0.366 e. The lowest BCUT2D eigenvalue weighted by Gasteiger charge is -2.35. The van der Waals surface area contributed by atoms with E-state index in [1.54, 1.807) is 0 Å². The van der Waals surface area contributed by atoms with Gasteiger partial charge in [0.2, 0.25) is 5.91 Å². The van der Waals surface area contributed by atoms with Crippen LogP contribution >= 0.6 is 23.8 Å². The summed E-state index contributed by atoms with van der Waals surface area (Å²) in [6.07, 6.45) is 0.447. The van der Waals surface area contributed by atoms with Gasteiger partial charge in [-0.25, -0.2) is 0 Å². The fraction of sp³-hybridized carbons (Fsp3) is 0.529. The number of para-hydroxylation sites is 1. The molecule has 0 bridgehead atoms. The molecule has 0 aromatic heterocycles. The predicted molar refractivity (Wildman–Crippen MR) is 105 cm³/mol. The fourth-order valence-electron chi connectivity index (χ4n) is 2.67. The van der Waals surface area contributed by atoms with Gasteiger partial charge in [0.05, 0.1) is 16.4 Å². The molecule has 24 heavy (non-hydrogen) atoms. The number of nitrogens with one attached hydrogen (secondary N) is 2. The molecule has 0 radical (unpaired) electrons. The van der Waals surface area contributed by atoms with Crippen LogP contribution in [0.15, 0.2) is 18.2 Å². The van der Waals surface area contributed by atoms with Crippen molar-refractivity contribution >= 4 is 46.2 Å². The molecule has 7 heteroatoms. The van der Waals surface area contributed by atoms with E-state index in [0.29, 0.717) is 22.5 Å². The van der Waals surface area contributed by atoms with Crippen LogP contribution in [0.2, 0.25) is 5.02 Å². The van der Waals surface area contributed by atoms with E-state index < -0.39 is 0 Å². The van der Waals surface area contributed by atoms with Gasteiger partial charge in [0.15, 0.2) is 5.11 Å². The van der Waals surface area contributed by atoms with Crippen LogP contribution in [0.1, 0.15) is 20.3 Å². The molecule has 1 aliphatic rings. The summed E-state index contributed by atoms with van der Waals surface area (Å²) in [5.41, 5.74) is 1.76. The van der Waals surface area contributed by atoms with Crippen LogP contribution in [0.3, 0.4) is 0 Å². The second-order valence-electron chi connectivity index (χ2n) is 6.53. The molecule has 1 aromatic carbocycles. The lowest BCUT2D eigenvalue weighted by atomic mass is 10.1. The first-order chi connectivity index (χ1) is 11.4. The van der Waals surface area contributed by atoms with E-state index in [4.69, 9.17) is 23.8 Å². The molecule has 1 aromatic rings. The summed E-state index contributed by atoms with van der Waals surface area (Å²) in [4.78, 5) is 16.4. The highest BCUT2D eigenvalue weighted by molar-refractivity contribution is 7.80. The number of likely N-dealkylation sites (N-methyl/N-ethyl adjacent to an activating group) is 1. The lowest BCUT2D eigenvalue weighted by molar-refractivity contribution is -0.120. The Bertz CT molecular complexity index is 600. The summed E-state index contributed by atoms with van der Waals surface area (Å²) in [7, 11) is 2.11. The number of carbonyl (C=O) groups is 1. The number of hydrogen-bond donors (Lipinski definition) is 2. The molecule has 0 unspecified atom stereocenters. The van der Waals surface area contributed by atoms with Gasteiger partial charge in [-0.15, -0.1) is 0 Å². The molecule has 5 nitrogen and oxygen atoms in total. The van der Waals surface area contributed by atoms with Crippen LogP contribution in [-0.2, 0) is 4.79 Å². The van der Waals surface area contributed by atoms with Crippen LogP contribution in [-0.4, -0.2) is 49.1 Å². The number of piperazine rings is 1. The Balaban J connectivity index is 2.08. The standard InChI is InChI=1S/C17H25ClN4OS/c1-12(2)11-15(23)20-17(24)19-14-6-4-5-13(18)16(14)22-9-7-21(3)8-10-22/h4-6,12H,7-11H2,1-3H3,(H2,19,20,23,24). The van der Waals surface area contributed by atoms with Crippen molar-refractivity contribution in [3.05, 3.63) is 23.2 Å². The average Bonchev–Trinajstić information content (AvgIpc) is 2.47. The summed E-state index contributed by atoms with van der Waals surface area (Å²) >= 11 is 11.7. The Labute approximate surface area is 154 Å². The third-order valence-corrected chi connectivity index (χ3v) is 4.41. The summed E-state index contributed by atoms with van der Waals surface area (Å²) in [6.45, 7) is 7.78. The molecule has 1 aliphatic heterocycles. The van der Waals surface area contributed by atoms with E-state index in [-0.39, 0.29) is 5.91 Å². The maximum atomic E-state index is 11.9. The zero-order valence-electron chi connectivity index (χ0n) is 14.4. The second kappa shape index (κ2) is 8.65. The van der Waals surface area contributed by atoms with Gasteiger partial charge in [0, 0.05) is 32.6 Å². The lowest BCUT2D eigenvalue weighted by Crippen LogP contribution is -2.45. The van der Waals surface area contributed by atoms with Crippen molar-refractivity contribution in [3.8, 4) is 0 Å². The molecular formula is C17H25ClN4OS. The Kier molecular flexibility index (Phi) is 6.83. The molecule has 0 atom stereocenters. The summed E-state index contributed by atoms with van der Waals surface area (Å²) in [5.74, 6) is 0.213. The number of amides is 1. The number of carbonyl (C=O) groups excluding carboxylic acids is 1. The molecule has 0 aliphatic carbocycles. The van der Waals surface area contributed by atoms with E-state index in [2.05, 4.69) is 27.5 Å². The monoisotopic (exact) mass is 368 g/mol. The number of nitrogens with zero attached hydrogens (tertiary/aromatic N) is 2. The van der Waals surface area contributed by atoms with Crippen LogP contribution in [0.25, 0.3) is 0 Å². The molecule has 1 amide bonds. The number of rotatable bonds is 4. The van der Waals surface area contributed by atoms with E-state index >= 15 is 0 Å². The van der Waals surface area contributed by atoms with Gasteiger partial charge < -0.3 is 20.4 Å². The molecule has 1 heterocycles. The Morgan fingerprint density at radius 2 is 1.96 bits per heavy atom. The van der Waals surface area contributed by atoms with Gasteiger partial charge in [-0.05, 0) is 37.3 Å². The third-order valence-electron chi connectivity index (χ3n) is 3.90. The highest BCUT2D eigenvalue weighted by Crippen LogP contribution is 2.34. The second-order valence-corrected chi connectivity index (χ2v) is 7.34. The first kappa shape index (κ1) is 19.0. The van der Waals surface area contributed by atoms with Crippen molar-refractivity contribution < 1.29 is 4.79 Å². The molecule has 1 saturated heterocycles. The van der Waals surface area contributed by atoms with Gasteiger partial charge >= 0.3 is 0 Å². The third kappa shape index (κ3) is 5.33. The maximum absolute atomic E-state index is 11.9. The zero-order chi connectivity index (χ0) is 17.7. The summed E-state index contributed by atoms with van der Waals surface area (Å²) in [6, 6.07) is 5.68. The minimum absolute atomic E-state index is 0.0781. The smallest absolute Gasteiger partial charge is 0.226 e. The predicted octanol–water partition coefficient (Wildman–Crippen LogP) is 2.95. The van der Waals surface area contributed by atoms with Crippen molar-refractivity contribution in [1.82, 2.24) is 10.2 Å². The van der Waals surface area contributed by atoms with Crippen molar-refractivity contribution in [2.24, 2.45) is 5.92 Å². The highest BCUT2D eigenvalue weighted by atomic mass is 35.5. The van der Waals surface area contributed by atoms with Gasteiger partial charge in [-0.1, -0.05) is 31.5 Å². The quantitative estimate of drug-likeness (QED) is 0.800. The number of halogens is 1. The van der Waals surface area contributed by atoms with E-state index in [1.165, 1.54) is 0 Å². The SMILES string of the molecule is CC(C)CC(=O)NC(=S)Nc1cccc(Cl)c1N1CCN(C)CC1. The minimum atomic E-state index is -0.0781. The molecule has 0 saturated carbocycles. The largest absolute Gasteiger partial charge is 0.366 e. The number of hydrogen-bond acceptors (Lipinski definition) is 4. The van der Waals surface area contributed by atoms with Crippen molar-refractivity contribution in [2.45, 2.75) is 20.3 Å². The van der Waals surface area contributed by atoms with Crippen molar-refractivity contribution in [2.75, 3.05) is 43.4 Å². The normalized spacial score (nSPS) is 15.5. The van der Waals surface area contributed by atoms with Crippen LogP contribution < -0.4 is 15.5 Å². The summed E-state index contributed by atoms with van der Waals surface area (Å²) in [5, 5.41) is 6.84. The van der Waals surface area contributed by atoms with Gasteiger partial charge in [-0.2, -0.15) is 0 Å². The number of anilines is 2. The van der Waals surface area contributed by atoms with Gasteiger partial charge in [0.25, 0.3) is 0 Å². The Hall–Kier alpha value is -1.37. The van der Waals surface area contributed by atoms with Crippen LogP contribution in [0.4, 0.5) is 11.4 Å². The van der Waals surface area contributed by atoms with Crippen molar-refractivity contribution in [3.63, 3.8) is 0 Å². The maximum Gasteiger partial charge on any atom is 0.226 e. The first-order valence-electron chi connectivity index (χ1n) is 8.19. The number of thiocarbonyl (C=S) groups is 1. The van der Waals surface area contributed by atoms with E-state index in [0.717, 1.165) is 37.6 Å². The molecule has 2 N–H and O–H groups in total. The summed E-state index contributed by atoms with van der Waals surface area (Å²) < 4.78 is 0. The zero-order valence-corrected chi connectivity index (χ0v) is 16.0. The Morgan fingerprint density at radius 3 is 2.58 bits per heavy atom. The van der Waals surface area contributed by atoms with Gasteiger partial charge in [0.1, 0.15) is 0 Å². The Morgan fingerprint density at radius 1 is 1.29 bits per heavy atom. The molecule has 1 fully saturated rings.